The summed E-state index contributed by atoms with van der Waals surface area (Å²) in [7, 11) is 3.32. The van der Waals surface area contributed by atoms with Crippen molar-refractivity contribution in [3.63, 3.8) is 0 Å². The predicted octanol–water partition coefficient (Wildman–Crippen LogP) is 2.18. The number of nitrogens with one attached hydrogen (secondary N) is 2. The topological polar surface area (TPSA) is 50.4 Å². The Morgan fingerprint density at radius 1 is 1.47 bits per heavy atom. The van der Waals surface area contributed by atoms with E-state index in [1.807, 2.05) is 0 Å². The SMILES string of the molecule is CNc1ccc(NC(=O)C2(F)CC2)cc1OC. The number of alkyl halides is 1. The highest BCUT2D eigenvalue weighted by Gasteiger charge is 2.50. The van der Waals surface area contributed by atoms with Crippen LogP contribution in [0.4, 0.5) is 15.8 Å². The van der Waals surface area contributed by atoms with Crippen LogP contribution in [0.5, 0.6) is 5.75 Å². The van der Waals surface area contributed by atoms with E-state index in [0.29, 0.717) is 24.3 Å². The molecule has 0 bridgehead atoms. The number of carbonyl (C=O) groups excluding carboxylic acids is 1. The lowest BCUT2D eigenvalue weighted by atomic mass is 10.2. The van der Waals surface area contributed by atoms with Crippen LogP contribution in [0.3, 0.4) is 0 Å². The Hall–Kier alpha value is -1.78. The molecule has 2 N–H and O–H groups in total. The maximum Gasteiger partial charge on any atom is 0.262 e. The molecule has 1 amide bonds. The molecule has 0 atom stereocenters. The fourth-order valence-corrected chi connectivity index (χ4v) is 1.56. The summed E-state index contributed by atoms with van der Waals surface area (Å²) < 4.78 is 18.6. The molecule has 92 valence electrons. The third-order valence-corrected chi connectivity index (χ3v) is 2.82. The molecule has 1 aliphatic carbocycles. The molecule has 2 rings (SSSR count). The molecule has 5 heteroatoms. The molecule has 0 saturated heterocycles. The fraction of sp³-hybridized carbons (Fsp3) is 0.417. The predicted molar refractivity (Wildman–Crippen MR) is 64.2 cm³/mol. The maximum atomic E-state index is 13.5. The molecule has 0 aliphatic heterocycles. The van der Waals surface area contributed by atoms with Gasteiger partial charge in [-0.25, -0.2) is 4.39 Å². The second-order valence-electron chi connectivity index (χ2n) is 4.08. The summed E-state index contributed by atoms with van der Waals surface area (Å²) in [6.07, 6.45) is 0.620. The average Bonchev–Trinajstić information content (AvgIpc) is 3.08. The van der Waals surface area contributed by atoms with Crippen LogP contribution in [-0.2, 0) is 4.79 Å². The van der Waals surface area contributed by atoms with Crippen LogP contribution in [0, 0.1) is 0 Å². The molecule has 0 aromatic heterocycles. The van der Waals surface area contributed by atoms with E-state index in [1.165, 1.54) is 0 Å². The number of amides is 1. The summed E-state index contributed by atoms with van der Waals surface area (Å²) in [6, 6.07) is 5.14. The Morgan fingerprint density at radius 3 is 2.71 bits per heavy atom. The van der Waals surface area contributed by atoms with Crippen LogP contribution in [0.1, 0.15) is 12.8 Å². The highest BCUT2D eigenvalue weighted by atomic mass is 19.1. The summed E-state index contributed by atoms with van der Waals surface area (Å²) in [4.78, 5) is 11.5. The van der Waals surface area contributed by atoms with Crippen molar-refractivity contribution in [1.29, 1.82) is 0 Å². The molecule has 0 radical (unpaired) electrons. The molecule has 1 fully saturated rings. The zero-order chi connectivity index (χ0) is 12.5. The molecule has 1 saturated carbocycles. The van der Waals surface area contributed by atoms with E-state index in [2.05, 4.69) is 10.6 Å². The molecule has 0 spiro atoms. The van der Waals surface area contributed by atoms with Crippen molar-refractivity contribution in [3.05, 3.63) is 18.2 Å². The molecule has 0 unspecified atom stereocenters. The lowest BCUT2D eigenvalue weighted by Crippen LogP contribution is -2.25. The van der Waals surface area contributed by atoms with Crippen molar-refractivity contribution in [1.82, 2.24) is 0 Å². The fourth-order valence-electron chi connectivity index (χ4n) is 1.56. The lowest BCUT2D eigenvalue weighted by Gasteiger charge is -2.12. The largest absolute Gasteiger partial charge is 0.495 e. The summed E-state index contributed by atoms with van der Waals surface area (Å²) in [5, 5.41) is 5.51. The molecular weight excluding hydrogens is 223 g/mol. The first kappa shape index (κ1) is 11.7. The smallest absolute Gasteiger partial charge is 0.262 e. The van der Waals surface area contributed by atoms with E-state index in [-0.39, 0.29) is 0 Å². The monoisotopic (exact) mass is 238 g/mol. The van der Waals surface area contributed by atoms with Crippen molar-refractivity contribution in [3.8, 4) is 5.75 Å². The highest BCUT2D eigenvalue weighted by molar-refractivity contribution is 5.99. The van der Waals surface area contributed by atoms with Gasteiger partial charge in [0.2, 0.25) is 0 Å². The molecule has 0 heterocycles. The van der Waals surface area contributed by atoms with Crippen LogP contribution in [0.2, 0.25) is 0 Å². The van der Waals surface area contributed by atoms with Gasteiger partial charge in [0.1, 0.15) is 5.75 Å². The zero-order valence-corrected chi connectivity index (χ0v) is 9.84. The molecule has 1 aliphatic rings. The van der Waals surface area contributed by atoms with E-state index in [1.54, 1.807) is 32.4 Å². The number of halogens is 1. The number of carbonyl (C=O) groups is 1. The molecule has 1 aromatic rings. The maximum absolute atomic E-state index is 13.5. The minimum atomic E-state index is -1.66. The molecule has 4 nitrogen and oxygen atoms in total. The Balaban J connectivity index is 2.14. The van der Waals surface area contributed by atoms with Crippen LogP contribution >= 0.6 is 0 Å². The van der Waals surface area contributed by atoms with Gasteiger partial charge in [-0.05, 0) is 25.0 Å². The first-order chi connectivity index (χ1) is 8.09. The number of hydrogen-bond donors (Lipinski definition) is 2. The minimum absolute atomic E-state index is 0.310. The lowest BCUT2D eigenvalue weighted by molar-refractivity contribution is -0.122. The van der Waals surface area contributed by atoms with Gasteiger partial charge in [-0.2, -0.15) is 0 Å². The van der Waals surface area contributed by atoms with Gasteiger partial charge in [-0.3, -0.25) is 4.79 Å². The summed E-state index contributed by atoms with van der Waals surface area (Å²) in [5.74, 6) is 0.0331. The van der Waals surface area contributed by atoms with E-state index < -0.39 is 11.6 Å². The van der Waals surface area contributed by atoms with Gasteiger partial charge in [0, 0.05) is 18.8 Å². The third-order valence-electron chi connectivity index (χ3n) is 2.82. The van der Waals surface area contributed by atoms with Crippen molar-refractivity contribution in [2.24, 2.45) is 0 Å². The van der Waals surface area contributed by atoms with E-state index >= 15 is 0 Å². The van der Waals surface area contributed by atoms with Gasteiger partial charge < -0.3 is 15.4 Å². The van der Waals surface area contributed by atoms with Crippen LogP contribution in [0.15, 0.2) is 18.2 Å². The Kier molecular flexibility index (Phi) is 2.92. The summed E-state index contributed by atoms with van der Waals surface area (Å²) in [5.41, 5.74) is -0.309. The van der Waals surface area contributed by atoms with Gasteiger partial charge in [0.05, 0.1) is 12.8 Å². The van der Waals surface area contributed by atoms with Crippen LogP contribution < -0.4 is 15.4 Å². The van der Waals surface area contributed by atoms with Crippen LogP contribution in [-0.4, -0.2) is 25.7 Å². The van der Waals surface area contributed by atoms with E-state index in [4.69, 9.17) is 4.74 Å². The number of anilines is 2. The standard InChI is InChI=1S/C12H15FN2O2/c1-14-9-4-3-8(7-10(9)17-2)15-11(16)12(13)5-6-12/h3-4,7,14H,5-6H2,1-2H3,(H,15,16). The number of ether oxygens (including phenoxy) is 1. The Labute approximate surface area is 99.2 Å². The minimum Gasteiger partial charge on any atom is -0.495 e. The number of benzene rings is 1. The zero-order valence-electron chi connectivity index (χ0n) is 9.84. The van der Waals surface area contributed by atoms with Gasteiger partial charge in [-0.1, -0.05) is 0 Å². The van der Waals surface area contributed by atoms with Crippen molar-refractivity contribution in [2.45, 2.75) is 18.5 Å². The molecule has 17 heavy (non-hydrogen) atoms. The van der Waals surface area contributed by atoms with Crippen molar-refractivity contribution < 1.29 is 13.9 Å². The molecular formula is C12H15FN2O2. The molecule has 1 aromatic carbocycles. The number of hydrogen-bond acceptors (Lipinski definition) is 3. The van der Waals surface area contributed by atoms with Gasteiger partial charge >= 0.3 is 0 Å². The first-order valence-corrected chi connectivity index (χ1v) is 5.45. The first-order valence-electron chi connectivity index (χ1n) is 5.45. The summed E-state index contributed by atoms with van der Waals surface area (Å²) >= 11 is 0. The second-order valence-corrected chi connectivity index (χ2v) is 4.08. The van der Waals surface area contributed by atoms with Crippen LogP contribution in [0.25, 0.3) is 0 Å². The average molecular weight is 238 g/mol. The van der Waals surface area contributed by atoms with E-state index in [9.17, 15) is 9.18 Å². The Morgan fingerprint density at radius 2 is 2.18 bits per heavy atom. The van der Waals surface area contributed by atoms with Gasteiger partial charge in [0.15, 0.2) is 5.67 Å². The van der Waals surface area contributed by atoms with Gasteiger partial charge in [0.25, 0.3) is 5.91 Å². The number of rotatable bonds is 4. The summed E-state index contributed by atoms with van der Waals surface area (Å²) in [6.45, 7) is 0. The van der Waals surface area contributed by atoms with Crippen molar-refractivity contribution >= 4 is 17.3 Å². The van der Waals surface area contributed by atoms with Crippen molar-refractivity contribution in [2.75, 3.05) is 24.8 Å². The van der Waals surface area contributed by atoms with Gasteiger partial charge in [-0.15, -0.1) is 0 Å². The third kappa shape index (κ3) is 2.33. The highest BCUT2D eigenvalue weighted by Crippen LogP contribution is 2.41. The number of methoxy groups -OCH3 is 1. The Bertz CT molecular complexity index is 444. The second kappa shape index (κ2) is 4.24. The quantitative estimate of drug-likeness (QED) is 0.845. The normalized spacial score (nSPS) is 16.2. The van der Waals surface area contributed by atoms with E-state index in [0.717, 1.165) is 5.69 Å².